The Kier molecular flexibility index (Phi) is 5.31. The van der Waals surface area contributed by atoms with Gasteiger partial charge in [-0.25, -0.2) is 4.98 Å². The van der Waals surface area contributed by atoms with E-state index in [2.05, 4.69) is 22.2 Å². The fourth-order valence-electron chi connectivity index (χ4n) is 2.31. The number of thiazole rings is 1. The zero-order chi connectivity index (χ0) is 15.2. The summed E-state index contributed by atoms with van der Waals surface area (Å²) in [7, 11) is 3.85. The minimum absolute atomic E-state index is 0.103. The largest absolute Gasteiger partial charge is 0.338 e. The number of carbonyl (C=O) groups excluding carboxylic acids is 1. The summed E-state index contributed by atoms with van der Waals surface area (Å²) in [6.07, 6.45) is 4.99. The van der Waals surface area contributed by atoms with E-state index in [9.17, 15) is 10.1 Å². The number of nitrogens with one attached hydrogen (secondary N) is 1. The molecule has 0 unspecified atom stereocenters. The van der Waals surface area contributed by atoms with Crippen LogP contribution in [0.2, 0.25) is 0 Å². The maximum Gasteiger partial charge on any atom is 0.266 e. The number of likely N-dealkylation sites (N-methyl/N-ethyl adjacent to an activating group) is 1. The fourth-order valence-corrected chi connectivity index (χ4v) is 2.81. The average Bonchev–Trinajstić information content (AvgIpc) is 3.01. The number of aromatic nitrogens is 1. The number of rotatable bonds is 4. The number of hydrogen-bond donors (Lipinski definition) is 1. The van der Waals surface area contributed by atoms with Crippen molar-refractivity contribution in [2.24, 2.45) is 0 Å². The minimum atomic E-state index is -0.240. The minimum Gasteiger partial charge on any atom is -0.338 e. The summed E-state index contributed by atoms with van der Waals surface area (Å²) in [4.78, 5) is 20.4. The van der Waals surface area contributed by atoms with Gasteiger partial charge in [0.1, 0.15) is 11.6 Å². The molecule has 1 aromatic heterocycles. The first-order chi connectivity index (χ1) is 10.1. The number of carbonyl (C=O) groups is 1. The Balaban J connectivity index is 1.99. The van der Waals surface area contributed by atoms with Gasteiger partial charge < -0.3 is 15.1 Å². The average molecular weight is 305 g/mol. The topological polar surface area (TPSA) is 72.3 Å². The van der Waals surface area contributed by atoms with Crippen LogP contribution in [0.1, 0.15) is 12.8 Å². The monoisotopic (exact) mass is 305 g/mol. The highest BCUT2D eigenvalue weighted by molar-refractivity contribution is 7.13. The Morgan fingerprint density at radius 1 is 1.62 bits per heavy atom. The zero-order valence-corrected chi connectivity index (χ0v) is 13.1. The summed E-state index contributed by atoms with van der Waals surface area (Å²) >= 11 is 1.42. The van der Waals surface area contributed by atoms with Crippen LogP contribution in [0.5, 0.6) is 0 Å². The van der Waals surface area contributed by atoms with Gasteiger partial charge in [0.15, 0.2) is 5.13 Å². The van der Waals surface area contributed by atoms with Crippen molar-refractivity contribution in [1.29, 1.82) is 5.26 Å². The number of nitrogens with zero attached hydrogens (tertiary/aromatic N) is 4. The molecular weight excluding hydrogens is 286 g/mol. The molecule has 1 amide bonds. The summed E-state index contributed by atoms with van der Waals surface area (Å²) in [6.45, 7) is 1.95. The summed E-state index contributed by atoms with van der Waals surface area (Å²) in [5.74, 6) is -0.240. The fraction of sp³-hybridized carbons (Fsp3) is 0.500. The number of hydrogen-bond acceptors (Lipinski definition) is 6. The van der Waals surface area contributed by atoms with Gasteiger partial charge >= 0.3 is 0 Å². The van der Waals surface area contributed by atoms with Crippen molar-refractivity contribution in [3.63, 3.8) is 0 Å². The first kappa shape index (κ1) is 15.5. The van der Waals surface area contributed by atoms with E-state index in [-0.39, 0.29) is 17.5 Å². The second-order valence-electron chi connectivity index (χ2n) is 5.10. The molecule has 1 aliphatic heterocycles. The van der Waals surface area contributed by atoms with Crippen LogP contribution in [0, 0.1) is 11.3 Å². The lowest BCUT2D eigenvalue weighted by Crippen LogP contribution is -2.44. The summed E-state index contributed by atoms with van der Waals surface area (Å²) in [5, 5.41) is 14.6. The van der Waals surface area contributed by atoms with Gasteiger partial charge in [-0.2, -0.15) is 5.26 Å². The standard InChI is InChI=1S/C14H19N5OS/c1-18-6-3-12(4-7-18)19(2)13(20)11(9-15)10-17-14-16-5-8-21-14/h5,8,10,12H,3-4,6-7H2,1-2H3,(H,16,17)/b11-10-. The second kappa shape index (κ2) is 7.20. The molecule has 7 heteroatoms. The molecule has 2 heterocycles. The lowest BCUT2D eigenvalue weighted by atomic mass is 10.0. The van der Waals surface area contributed by atoms with Crippen molar-refractivity contribution >= 4 is 22.4 Å². The Hall–Kier alpha value is -1.91. The van der Waals surface area contributed by atoms with Gasteiger partial charge in [0.05, 0.1) is 0 Å². The smallest absolute Gasteiger partial charge is 0.266 e. The molecule has 0 saturated carbocycles. The van der Waals surface area contributed by atoms with Crippen LogP contribution in [0.4, 0.5) is 5.13 Å². The van der Waals surface area contributed by atoms with Crippen LogP contribution in [0.25, 0.3) is 0 Å². The predicted molar refractivity (Wildman–Crippen MR) is 82.7 cm³/mol. The number of nitriles is 1. The molecule has 0 bridgehead atoms. The van der Waals surface area contributed by atoms with Crippen LogP contribution < -0.4 is 5.32 Å². The second-order valence-corrected chi connectivity index (χ2v) is 6.00. The highest BCUT2D eigenvalue weighted by Crippen LogP contribution is 2.16. The van der Waals surface area contributed by atoms with E-state index in [0.29, 0.717) is 5.13 Å². The van der Waals surface area contributed by atoms with Crippen molar-refractivity contribution in [2.45, 2.75) is 18.9 Å². The van der Waals surface area contributed by atoms with E-state index >= 15 is 0 Å². The van der Waals surface area contributed by atoms with Crippen LogP contribution in [-0.4, -0.2) is 53.9 Å². The molecule has 112 valence electrons. The predicted octanol–water partition coefficient (Wildman–Crippen LogP) is 1.52. The van der Waals surface area contributed by atoms with Gasteiger partial charge in [-0.3, -0.25) is 4.79 Å². The Bertz CT molecular complexity index is 540. The lowest BCUT2D eigenvalue weighted by Gasteiger charge is -2.34. The van der Waals surface area contributed by atoms with Gasteiger partial charge in [-0.05, 0) is 33.0 Å². The molecule has 0 aliphatic carbocycles. The molecular formula is C14H19N5OS. The molecule has 6 nitrogen and oxygen atoms in total. The maximum atomic E-state index is 12.4. The van der Waals surface area contributed by atoms with Crippen LogP contribution in [0.15, 0.2) is 23.3 Å². The van der Waals surface area contributed by atoms with E-state index in [4.69, 9.17) is 0 Å². The first-order valence-electron chi connectivity index (χ1n) is 6.84. The van der Waals surface area contributed by atoms with Crippen molar-refractivity contribution in [2.75, 3.05) is 32.5 Å². The molecule has 1 aromatic rings. The third kappa shape index (κ3) is 4.03. The maximum absolute atomic E-state index is 12.4. The van der Waals surface area contributed by atoms with Gasteiger partial charge in [-0.1, -0.05) is 0 Å². The quantitative estimate of drug-likeness (QED) is 0.674. The molecule has 0 spiro atoms. The van der Waals surface area contributed by atoms with Gasteiger partial charge in [-0.15, -0.1) is 11.3 Å². The van der Waals surface area contributed by atoms with Gasteiger partial charge in [0, 0.05) is 30.9 Å². The lowest BCUT2D eigenvalue weighted by molar-refractivity contribution is -0.128. The molecule has 0 radical (unpaired) electrons. The van der Waals surface area contributed by atoms with E-state index in [0.717, 1.165) is 25.9 Å². The van der Waals surface area contributed by atoms with E-state index < -0.39 is 0 Å². The Morgan fingerprint density at radius 3 is 2.90 bits per heavy atom. The molecule has 1 saturated heterocycles. The summed E-state index contributed by atoms with van der Waals surface area (Å²) in [5.41, 5.74) is 0.103. The number of likely N-dealkylation sites (tertiary alicyclic amines) is 1. The van der Waals surface area contributed by atoms with E-state index in [1.807, 2.05) is 11.4 Å². The molecule has 1 aliphatic rings. The first-order valence-corrected chi connectivity index (χ1v) is 7.71. The van der Waals surface area contributed by atoms with E-state index in [1.54, 1.807) is 18.1 Å². The van der Waals surface area contributed by atoms with Crippen molar-refractivity contribution in [1.82, 2.24) is 14.8 Å². The Labute approximate surface area is 128 Å². The highest BCUT2D eigenvalue weighted by Gasteiger charge is 2.25. The van der Waals surface area contributed by atoms with Crippen LogP contribution in [0.3, 0.4) is 0 Å². The molecule has 21 heavy (non-hydrogen) atoms. The molecule has 0 atom stereocenters. The normalized spacial score (nSPS) is 17.3. The number of piperidine rings is 1. The van der Waals surface area contributed by atoms with Crippen LogP contribution in [-0.2, 0) is 4.79 Å². The number of amides is 1. The van der Waals surface area contributed by atoms with Gasteiger partial charge in [0.2, 0.25) is 0 Å². The third-order valence-corrected chi connectivity index (χ3v) is 4.38. The number of anilines is 1. The summed E-state index contributed by atoms with van der Waals surface area (Å²) in [6, 6.07) is 2.17. The molecule has 1 fully saturated rings. The zero-order valence-electron chi connectivity index (χ0n) is 12.2. The van der Waals surface area contributed by atoms with Gasteiger partial charge in [0.25, 0.3) is 5.91 Å². The molecule has 2 rings (SSSR count). The van der Waals surface area contributed by atoms with Crippen LogP contribution >= 0.6 is 11.3 Å². The highest BCUT2D eigenvalue weighted by atomic mass is 32.1. The Morgan fingerprint density at radius 2 is 2.33 bits per heavy atom. The van der Waals surface area contributed by atoms with Crippen molar-refractivity contribution < 1.29 is 4.79 Å². The third-order valence-electron chi connectivity index (χ3n) is 3.68. The molecule has 1 N–H and O–H groups in total. The van der Waals surface area contributed by atoms with Crippen molar-refractivity contribution in [3.8, 4) is 6.07 Å². The SMILES string of the molecule is CN1CCC(N(C)C(=O)/C(C#N)=C\Nc2nccs2)CC1. The molecule has 0 aromatic carbocycles. The van der Waals surface area contributed by atoms with E-state index in [1.165, 1.54) is 17.5 Å². The van der Waals surface area contributed by atoms with Crippen molar-refractivity contribution in [3.05, 3.63) is 23.3 Å². The summed E-state index contributed by atoms with van der Waals surface area (Å²) < 4.78 is 0.